The van der Waals surface area contributed by atoms with Gasteiger partial charge in [-0.15, -0.1) is 0 Å². The number of piperidine rings is 1. The van der Waals surface area contributed by atoms with Crippen LogP contribution in [0.2, 0.25) is 0 Å². The van der Waals surface area contributed by atoms with Gasteiger partial charge in [-0.25, -0.2) is 9.07 Å². The van der Waals surface area contributed by atoms with E-state index in [-0.39, 0.29) is 35.6 Å². The lowest BCUT2D eigenvalue weighted by Gasteiger charge is -2.41. The van der Waals surface area contributed by atoms with Gasteiger partial charge in [-0.3, -0.25) is 9.59 Å². The molecule has 0 N–H and O–H groups in total. The highest BCUT2D eigenvalue weighted by molar-refractivity contribution is 5.99. The fourth-order valence-electron chi connectivity index (χ4n) is 5.43. The molecular formula is C27H29FN4O2. The molecule has 0 aliphatic carbocycles. The topological polar surface area (TPSA) is 58.4 Å². The molecule has 2 aromatic carbocycles. The fourth-order valence-corrected chi connectivity index (χ4v) is 5.43. The van der Waals surface area contributed by atoms with Crippen molar-refractivity contribution < 1.29 is 14.0 Å². The van der Waals surface area contributed by atoms with Gasteiger partial charge in [0.1, 0.15) is 11.5 Å². The molecule has 1 fully saturated rings. The quantitative estimate of drug-likeness (QED) is 0.563. The summed E-state index contributed by atoms with van der Waals surface area (Å²) >= 11 is 0. The molecule has 6 nitrogen and oxygen atoms in total. The average molecular weight is 461 g/mol. The number of halogens is 1. The highest BCUT2D eigenvalue weighted by Gasteiger charge is 2.47. The number of carbonyl (C=O) groups is 2. The zero-order valence-corrected chi connectivity index (χ0v) is 19.7. The third-order valence-corrected chi connectivity index (χ3v) is 6.94. The van der Waals surface area contributed by atoms with Crippen LogP contribution >= 0.6 is 0 Å². The number of aromatic nitrogens is 2. The monoisotopic (exact) mass is 460 g/mol. The van der Waals surface area contributed by atoms with E-state index in [0.717, 1.165) is 29.8 Å². The van der Waals surface area contributed by atoms with Crippen molar-refractivity contribution in [2.75, 3.05) is 13.1 Å². The Labute approximate surface area is 199 Å². The lowest BCUT2D eigenvalue weighted by atomic mass is 9.94. The minimum atomic E-state index is -0.365. The Morgan fingerprint density at radius 2 is 1.79 bits per heavy atom. The predicted octanol–water partition coefficient (Wildman–Crippen LogP) is 4.78. The van der Waals surface area contributed by atoms with Gasteiger partial charge in [-0.1, -0.05) is 32.0 Å². The molecule has 1 saturated heterocycles. The van der Waals surface area contributed by atoms with Crippen LogP contribution in [0.5, 0.6) is 0 Å². The van der Waals surface area contributed by atoms with E-state index in [1.54, 1.807) is 9.58 Å². The predicted molar refractivity (Wildman–Crippen MR) is 127 cm³/mol. The van der Waals surface area contributed by atoms with Gasteiger partial charge in [-0.2, -0.15) is 5.10 Å². The lowest BCUT2D eigenvalue weighted by molar-refractivity contribution is 0.0344. The number of fused-ring (bicyclic) bond motifs is 1. The summed E-state index contributed by atoms with van der Waals surface area (Å²) in [4.78, 5) is 30.8. The van der Waals surface area contributed by atoms with E-state index in [1.165, 1.54) is 24.3 Å². The van der Waals surface area contributed by atoms with Crippen LogP contribution in [0.3, 0.4) is 0 Å². The first kappa shape index (κ1) is 22.3. The van der Waals surface area contributed by atoms with E-state index in [1.807, 2.05) is 42.2 Å². The number of likely N-dealkylation sites (tertiary alicyclic amines) is 1. The second-order valence-electron chi connectivity index (χ2n) is 9.55. The van der Waals surface area contributed by atoms with E-state index in [0.29, 0.717) is 24.3 Å². The maximum Gasteiger partial charge on any atom is 0.273 e. The SMILES string of the molecule is Cc1nn(-c2ccccc2)c2c1C(C(C)C)N(C1CCCN(C(=O)c3ccc(F)cc3)C1)C2=O. The highest BCUT2D eigenvalue weighted by atomic mass is 19.1. The number of nitrogens with zero attached hydrogens (tertiary/aromatic N) is 4. The Hall–Kier alpha value is -3.48. The van der Waals surface area contributed by atoms with Gasteiger partial charge in [0.05, 0.1) is 23.5 Å². The van der Waals surface area contributed by atoms with Crippen LogP contribution in [-0.2, 0) is 0 Å². The van der Waals surface area contributed by atoms with Gasteiger partial charge < -0.3 is 9.80 Å². The third kappa shape index (κ3) is 3.69. The Morgan fingerprint density at radius 3 is 2.47 bits per heavy atom. The van der Waals surface area contributed by atoms with Crippen LogP contribution in [0, 0.1) is 18.7 Å². The minimum absolute atomic E-state index is 0.0285. The van der Waals surface area contributed by atoms with Gasteiger partial charge in [-0.05, 0) is 62.1 Å². The summed E-state index contributed by atoms with van der Waals surface area (Å²) in [6.45, 7) is 7.32. The normalized spacial score (nSPS) is 20.2. The van der Waals surface area contributed by atoms with Crippen molar-refractivity contribution in [3.63, 3.8) is 0 Å². The van der Waals surface area contributed by atoms with E-state index < -0.39 is 0 Å². The van der Waals surface area contributed by atoms with E-state index >= 15 is 0 Å². The van der Waals surface area contributed by atoms with Gasteiger partial charge in [0.25, 0.3) is 11.8 Å². The molecule has 1 aromatic heterocycles. The number of aryl methyl sites for hydroxylation is 1. The van der Waals surface area contributed by atoms with Crippen LogP contribution < -0.4 is 0 Å². The van der Waals surface area contributed by atoms with E-state index in [9.17, 15) is 14.0 Å². The number of amides is 2. The van der Waals surface area contributed by atoms with Gasteiger partial charge in [0, 0.05) is 24.2 Å². The first-order valence-electron chi connectivity index (χ1n) is 11.9. The number of para-hydroxylation sites is 1. The molecule has 0 radical (unpaired) electrons. The maximum atomic E-state index is 13.9. The Kier molecular flexibility index (Phi) is 5.71. The molecule has 0 bridgehead atoms. The summed E-state index contributed by atoms with van der Waals surface area (Å²) in [5.41, 5.74) is 3.81. The van der Waals surface area contributed by atoms with Crippen LogP contribution in [0.15, 0.2) is 54.6 Å². The maximum absolute atomic E-state index is 13.9. The summed E-state index contributed by atoms with van der Waals surface area (Å²) in [5, 5.41) is 4.73. The molecule has 3 aromatic rings. The molecule has 2 aliphatic heterocycles. The molecule has 2 atom stereocenters. The molecule has 0 saturated carbocycles. The minimum Gasteiger partial charge on any atom is -0.337 e. The fraction of sp³-hybridized carbons (Fsp3) is 0.370. The number of hydrogen-bond donors (Lipinski definition) is 0. The van der Waals surface area contributed by atoms with Crippen LogP contribution in [0.1, 0.15) is 64.8 Å². The van der Waals surface area contributed by atoms with Crippen molar-refractivity contribution in [2.24, 2.45) is 5.92 Å². The molecule has 2 amide bonds. The molecule has 176 valence electrons. The average Bonchev–Trinajstić information content (AvgIpc) is 3.35. The van der Waals surface area contributed by atoms with Gasteiger partial charge in [0.2, 0.25) is 0 Å². The first-order chi connectivity index (χ1) is 16.4. The summed E-state index contributed by atoms with van der Waals surface area (Å²) in [7, 11) is 0. The standard InChI is InChI=1S/C27H29FN4O2/c1-17(2)24-23-18(3)29-32(21-8-5-4-6-9-21)25(23)27(34)31(24)22-10-7-15-30(16-22)26(33)19-11-13-20(28)14-12-19/h4-6,8-9,11-14,17,22,24H,7,10,15-16H2,1-3H3. The lowest BCUT2D eigenvalue weighted by Crippen LogP contribution is -2.51. The van der Waals surface area contributed by atoms with Crippen LogP contribution in [-0.4, -0.2) is 50.5 Å². The second-order valence-corrected chi connectivity index (χ2v) is 9.55. The van der Waals surface area contributed by atoms with Crippen molar-refractivity contribution in [1.82, 2.24) is 19.6 Å². The molecule has 3 heterocycles. The van der Waals surface area contributed by atoms with Crippen LogP contribution in [0.25, 0.3) is 5.69 Å². The van der Waals surface area contributed by atoms with Crippen molar-refractivity contribution >= 4 is 11.8 Å². The molecule has 7 heteroatoms. The van der Waals surface area contributed by atoms with Crippen molar-refractivity contribution in [3.05, 3.63) is 82.9 Å². The number of benzene rings is 2. The number of carbonyl (C=O) groups excluding carboxylic acids is 2. The molecule has 5 rings (SSSR count). The number of rotatable bonds is 4. The van der Waals surface area contributed by atoms with Crippen molar-refractivity contribution in [1.29, 1.82) is 0 Å². The third-order valence-electron chi connectivity index (χ3n) is 6.94. The summed E-state index contributed by atoms with van der Waals surface area (Å²) < 4.78 is 15.1. The summed E-state index contributed by atoms with van der Waals surface area (Å²) in [6, 6.07) is 15.2. The first-order valence-corrected chi connectivity index (χ1v) is 11.9. The van der Waals surface area contributed by atoms with E-state index in [4.69, 9.17) is 5.10 Å². The zero-order chi connectivity index (χ0) is 24.0. The Balaban J connectivity index is 1.47. The number of hydrogen-bond acceptors (Lipinski definition) is 3. The summed E-state index contributed by atoms with van der Waals surface area (Å²) in [6.07, 6.45) is 1.65. The largest absolute Gasteiger partial charge is 0.337 e. The molecule has 0 spiro atoms. The smallest absolute Gasteiger partial charge is 0.273 e. The molecule has 34 heavy (non-hydrogen) atoms. The molecule has 2 aliphatic rings. The second kappa shape index (κ2) is 8.70. The highest BCUT2D eigenvalue weighted by Crippen LogP contribution is 2.43. The van der Waals surface area contributed by atoms with Crippen molar-refractivity contribution in [3.8, 4) is 5.69 Å². The van der Waals surface area contributed by atoms with Gasteiger partial charge in [0.15, 0.2) is 0 Å². The Morgan fingerprint density at radius 1 is 1.09 bits per heavy atom. The van der Waals surface area contributed by atoms with Gasteiger partial charge >= 0.3 is 0 Å². The van der Waals surface area contributed by atoms with E-state index in [2.05, 4.69) is 13.8 Å². The summed E-state index contributed by atoms with van der Waals surface area (Å²) in [5.74, 6) is -0.322. The van der Waals surface area contributed by atoms with Crippen molar-refractivity contribution in [2.45, 2.75) is 45.7 Å². The molecule has 2 unspecified atom stereocenters. The van der Waals surface area contributed by atoms with Crippen LogP contribution in [0.4, 0.5) is 4.39 Å². The molecular weight excluding hydrogens is 431 g/mol. The Bertz CT molecular complexity index is 1220. The zero-order valence-electron chi connectivity index (χ0n) is 19.7.